The molecule has 0 bridgehead atoms. The summed E-state index contributed by atoms with van der Waals surface area (Å²) in [4.78, 5) is 0. The van der Waals surface area contributed by atoms with Crippen LogP contribution < -0.4 is 5.73 Å². The molecule has 0 unspecified atom stereocenters. The fraction of sp³-hybridized carbons (Fsp3) is 0.333. The summed E-state index contributed by atoms with van der Waals surface area (Å²) in [5, 5.41) is 0. The van der Waals surface area contributed by atoms with Gasteiger partial charge in [-0.3, -0.25) is 0 Å². The predicted octanol–water partition coefficient (Wildman–Crippen LogP) is 3.14. The van der Waals surface area contributed by atoms with Gasteiger partial charge in [0.2, 0.25) is 0 Å². The van der Waals surface area contributed by atoms with Crippen LogP contribution >= 0.6 is 15.9 Å². The highest BCUT2D eigenvalue weighted by Gasteiger charge is 2.15. The fourth-order valence-electron chi connectivity index (χ4n) is 1.11. The van der Waals surface area contributed by atoms with Crippen molar-refractivity contribution in [3.05, 3.63) is 33.8 Å². The lowest BCUT2D eigenvalue weighted by molar-refractivity contribution is 0.519. The topological polar surface area (TPSA) is 26.0 Å². The zero-order valence-corrected chi connectivity index (χ0v) is 8.74. The van der Waals surface area contributed by atoms with E-state index < -0.39 is 17.7 Å². The summed E-state index contributed by atoms with van der Waals surface area (Å²) in [6.45, 7) is 1.78. The Bertz CT molecular complexity index is 291. The van der Waals surface area contributed by atoms with Gasteiger partial charge in [-0.25, -0.2) is 8.78 Å². The normalized spacial score (nSPS) is 13.0. The number of halogens is 3. The molecule has 0 aromatic heterocycles. The van der Waals surface area contributed by atoms with Crippen LogP contribution in [0.3, 0.4) is 0 Å². The molecule has 0 aliphatic heterocycles. The van der Waals surface area contributed by atoms with E-state index in [1.54, 1.807) is 6.92 Å². The quantitative estimate of drug-likeness (QED) is 0.857. The third kappa shape index (κ3) is 2.25. The highest BCUT2D eigenvalue weighted by Crippen LogP contribution is 2.24. The van der Waals surface area contributed by atoms with Crippen LogP contribution in [0.25, 0.3) is 0 Å². The van der Waals surface area contributed by atoms with Crippen LogP contribution in [0.4, 0.5) is 8.78 Å². The lowest BCUT2D eigenvalue weighted by Crippen LogP contribution is -2.13. The van der Waals surface area contributed by atoms with Crippen LogP contribution in [0.1, 0.15) is 24.9 Å². The summed E-state index contributed by atoms with van der Waals surface area (Å²) in [7, 11) is 0. The van der Waals surface area contributed by atoms with Gasteiger partial charge in [-0.15, -0.1) is 0 Å². The molecule has 0 aliphatic carbocycles. The number of hydrogen-bond acceptors (Lipinski definition) is 1. The Kier molecular flexibility index (Phi) is 3.39. The van der Waals surface area contributed by atoms with E-state index >= 15 is 0 Å². The Balaban J connectivity index is 3.20. The maximum Gasteiger partial charge on any atom is 0.132 e. The van der Waals surface area contributed by atoms with Crippen LogP contribution in [0, 0.1) is 11.6 Å². The molecular weight excluding hydrogens is 240 g/mol. The third-order valence-corrected chi connectivity index (χ3v) is 2.31. The average Bonchev–Trinajstić information content (AvgIpc) is 2.02. The van der Waals surface area contributed by atoms with Gasteiger partial charge in [-0.05, 0) is 18.6 Å². The Morgan fingerprint density at radius 1 is 1.38 bits per heavy atom. The van der Waals surface area contributed by atoms with Gasteiger partial charge in [-0.1, -0.05) is 22.9 Å². The van der Waals surface area contributed by atoms with Crippen LogP contribution in [0.15, 0.2) is 16.6 Å². The number of hydrogen-bond donors (Lipinski definition) is 1. The van der Waals surface area contributed by atoms with Crippen molar-refractivity contribution in [1.82, 2.24) is 0 Å². The first-order valence-electron chi connectivity index (χ1n) is 3.96. The van der Waals surface area contributed by atoms with Crippen molar-refractivity contribution in [3.8, 4) is 0 Å². The summed E-state index contributed by atoms with van der Waals surface area (Å²) in [5.74, 6) is -1.19. The van der Waals surface area contributed by atoms with Gasteiger partial charge in [0.25, 0.3) is 0 Å². The highest BCUT2D eigenvalue weighted by molar-refractivity contribution is 9.10. The number of nitrogens with two attached hydrogens (primary N) is 1. The summed E-state index contributed by atoms with van der Waals surface area (Å²) in [6, 6.07) is 1.86. The van der Waals surface area contributed by atoms with Crippen molar-refractivity contribution in [2.24, 2.45) is 5.73 Å². The van der Waals surface area contributed by atoms with Crippen molar-refractivity contribution in [2.75, 3.05) is 0 Å². The zero-order chi connectivity index (χ0) is 10.0. The van der Waals surface area contributed by atoms with E-state index in [1.165, 1.54) is 12.1 Å². The second-order valence-corrected chi connectivity index (χ2v) is 3.71. The lowest BCUT2D eigenvalue weighted by Gasteiger charge is -2.11. The molecule has 0 heterocycles. The zero-order valence-electron chi connectivity index (χ0n) is 7.15. The van der Waals surface area contributed by atoms with Crippen LogP contribution in [-0.2, 0) is 0 Å². The Hall–Kier alpha value is -0.480. The molecule has 0 saturated heterocycles. The molecule has 72 valence electrons. The Labute approximate surface area is 84.1 Å². The van der Waals surface area contributed by atoms with E-state index in [-0.39, 0.29) is 5.56 Å². The SMILES string of the molecule is CC[C@H](N)c1c(F)cc(Br)cc1F. The van der Waals surface area contributed by atoms with Gasteiger partial charge >= 0.3 is 0 Å². The van der Waals surface area contributed by atoms with Gasteiger partial charge in [0.15, 0.2) is 0 Å². The van der Waals surface area contributed by atoms with Crippen LogP contribution in [-0.4, -0.2) is 0 Å². The van der Waals surface area contributed by atoms with Gasteiger partial charge in [0.1, 0.15) is 11.6 Å². The minimum Gasteiger partial charge on any atom is -0.324 e. The summed E-state index contributed by atoms with van der Waals surface area (Å²) < 4.78 is 26.8. The maximum atomic E-state index is 13.2. The molecule has 1 nitrogen and oxygen atoms in total. The van der Waals surface area contributed by atoms with Crippen molar-refractivity contribution in [2.45, 2.75) is 19.4 Å². The summed E-state index contributed by atoms with van der Waals surface area (Å²) in [5.41, 5.74) is 5.51. The summed E-state index contributed by atoms with van der Waals surface area (Å²) in [6.07, 6.45) is 0.509. The molecule has 1 rings (SSSR count). The molecule has 2 N–H and O–H groups in total. The molecule has 0 radical (unpaired) electrons. The van der Waals surface area contributed by atoms with Gasteiger partial charge in [0, 0.05) is 16.1 Å². The molecule has 0 saturated carbocycles. The molecule has 1 aromatic rings. The van der Waals surface area contributed by atoms with Gasteiger partial charge in [0.05, 0.1) is 0 Å². The van der Waals surface area contributed by atoms with E-state index in [9.17, 15) is 8.78 Å². The van der Waals surface area contributed by atoms with Crippen LogP contribution in [0.2, 0.25) is 0 Å². The van der Waals surface area contributed by atoms with E-state index in [2.05, 4.69) is 15.9 Å². The van der Waals surface area contributed by atoms with Gasteiger partial charge < -0.3 is 5.73 Å². The molecule has 13 heavy (non-hydrogen) atoms. The smallest absolute Gasteiger partial charge is 0.132 e. The van der Waals surface area contributed by atoms with Crippen molar-refractivity contribution >= 4 is 15.9 Å². The molecule has 1 atom stereocenters. The number of rotatable bonds is 2. The molecule has 0 amide bonds. The van der Waals surface area contributed by atoms with Gasteiger partial charge in [-0.2, -0.15) is 0 Å². The maximum absolute atomic E-state index is 13.2. The average molecular weight is 250 g/mol. The van der Waals surface area contributed by atoms with Crippen molar-refractivity contribution < 1.29 is 8.78 Å². The largest absolute Gasteiger partial charge is 0.324 e. The fourth-order valence-corrected chi connectivity index (χ4v) is 1.51. The van der Waals surface area contributed by atoms with Crippen LogP contribution in [0.5, 0.6) is 0 Å². The standard InChI is InChI=1S/C9H10BrF2N/c1-2-8(13)9-6(11)3-5(10)4-7(9)12/h3-4,8H,2,13H2,1H3/t8-/m0/s1. The second kappa shape index (κ2) is 4.15. The van der Waals surface area contributed by atoms with Crippen molar-refractivity contribution in [3.63, 3.8) is 0 Å². The minimum absolute atomic E-state index is 0.0364. The monoisotopic (exact) mass is 249 g/mol. The summed E-state index contributed by atoms with van der Waals surface area (Å²) >= 11 is 3.00. The Morgan fingerprint density at radius 2 is 1.85 bits per heavy atom. The molecular formula is C9H10BrF2N. The van der Waals surface area contributed by atoms with Crippen molar-refractivity contribution in [1.29, 1.82) is 0 Å². The van der Waals surface area contributed by atoms with E-state index in [0.717, 1.165) is 0 Å². The Morgan fingerprint density at radius 3 is 2.23 bits per heavy atom. The first-order valence-corrected chi connectivity index (χ1v) is 4.75. The third-order valence-electron chi connectivity index (χ3n) is 1.85. The molecule has 0 fully saturated rings. The second-order valence-electron chi connectivity index (χ2n) is 2.80. The van der Waals surface area contributed by atoms with E-state index in [4.69, 9.17) is 5.73 Å². The predicted molar refractivity (Wildman–Crippen MR) is 51.3 cm³/mol. The molecule has 0 aliphatic rings. The highest BCUT2D eigenvalue weighted by atomic mass is 79.9. The number of benzene rings is 1. The van der Waals surface area contributed by atoms with E-state index in [0.29, 0.717) is 10.9 Å². The minimum atomic E-state index is -0.596. The van der Waals surface area contributed by atoms with E-state index in [1.807, 2.05) is 0 Å². The lowest BCUT2D eigenvalue weighted by atomic mass is 10.0. The molecule has 1 aromatic carbocycles. The first-order chi connectivity index (χ1) is 6.06. The molecule has 4 heteroatoms. The first kappa shape index (κ1) is 10.6. The molecule has 0 spiro atoms.